The maximum Gasteiger partial charge on any atom is 0.472 e. The first-order valence-corrected chi connectivity index (χ1v) is 31.2. The zero-order valence-electron chi connectivity index (χ0n) is 46.8. The molecule has 0 aromatic rings. The molecule has 0 spiro atoms. The van der Waals surface area contributed by atoms with Gasteiger partial charge in [0, 0.05) is 19.4 Å². The van der Waals surface area contributed by atoms with Crippen LogP contribution >= 0.6 is 7.82 Å². The zero-order chi connectivity index (χ0) is 53.1. The van der Waals surface area contributed by atoms with Crippen LogP contribution in [0.4, 0.5) is 0 Å². The van der Waals surface area contributed by atoms with E-state index in [-0.39, 0.29) is 32.6 Å². The lowest BCUT2D eigenvalue weighted by molar-refractivity contribution is -0.161. The molecule has 0 fully saturated rings. The summed E-state index contributed by atoms with van der Waals surface area (Å²) in [4.78, 5) is 35.1. The molecule has 0 saturated carbocycles. The first-order valence-electron chi connectivity index (χ1n) is 29.7. The highest BCUT2D eigenvalue weighted by atomic mass is 31.2. The van der Waals surface area contributed by atoms with Gasteiger partial charge in [0.1, 0.15) is 6.61 Å². The average Bonchev–Trinajstić information content (AvgIpc) is 3.38. The van der Waals surface area contributed by atoms with Crippen molar-refractivity contribution in [3.63, 3.8) is 0 Å². The minimum absolute atomic E-state index is 0.0494. The molecule has 0 aromatic heterocycles. The van der Waals surface area contributed by atoms with Crippen molar-refractivity contribution in [1.82, 2.24) is 0 Å². The van der Waals surface area contributed by atoms with Gasteiger partial charge in [0.25, 0.3) is 0 Å². The van der Waals surface area contributed by atoms with Crippen LogP contribution in [0.15, 0.2) is 97.2 Å². The lowest BCUT2D eigenvalue weighted by Crippen LogP contribution is -2.29. The molecule has 0 aliphatic carbocycles. The SMILES string of the molecule is CC/C=C\C/C=C\C/C=C\C/C=C\C/C=C\C/C=C\CCCCCCCCCCCCCCCCCCCCCCC(=O)OC(COC(=O)CCCCCCC/C=C\C/C=C\CCC)COP(=O)(O)OCCN. The van der Waals surface area contributed by atoms with Crippen LogP contribution in [0.3, 0.4) is 0 Å². The van der Waals surface area contributed by atoms with Crippen molar-refractivity contribution in [2.45, 2.75) is 264 Å². The topological polar surface area (TPSA) is 134 Å². The molecule has 73 heavy (non-hydrogen) atoms. The fourth-order valence-electron chi connectivity index (χ4n) is 8.09. The van der Waals surface area contributed by atoms with E-state index >= 15 is 0 Å². The Morgan fingerprint density at radius 3 is 1.12 bits per heavy atom. The maximum absolute atomic E-state index is 12.7. The van der Waals surface area contributed by atoms with Crippen LogP contribution in [-0.2, 0) is 32.7 Å². The van der Waals surface area contributed by atoms with E-state index in [4.69, 9.17) is 24.3 Å². The Hall–Kier alpha value is -3.07. The van der Waals surface area contributed by atoms with E-state index in [9.17, 15) is 19.0 Å². The molecule has 10 heteroatoms. The molecule has 0 radical (unpaired) electrons. The summed E-state index contributed by atoms with van der Waals surface area (Å²) in [7, 11) is -4.39. The average molecular weight is 1040 g/mol. The molecule has 0 saturated heterocycles. The number of nitrogens with two attached hydrogens (primary N) is 1. The maximum atomic E-state index is 12.7. The van der Waals surface area contributed by atoms with Crippen molar-refractivity contribution >= 4 is 19.8 Å². The molecule has 9 nitrogen and oxygen atoms in total. The molecule has 0 heterocycles. The lowest BCUT2D eigenvalue weighted by Gasteiger charge is -2.19. The van der Waals surface area contributed by atoms with Gasteiger partial charge in [0.15, 0.2) is 6.10 Å². The zero-order valence-corrected chi connectivity index (χ0v) is 47.7. The first-order chi connectivity index (χ1) is 35.8. The van der Waals surface area contributed by atoms with Crippen molar-refractivity contribution in [1.29, 1.82) is 0 Å². The summed E-state index contributed by atoms with van der Waals surface area (Å²) in [5, 5.41) is 0. The van der Waals surface area contributed by atoms with Gasteiger partial charge < -0.3 is 20.1 Å². The standard InChI is InChI=1S/C63H110NO8P/c1-3-5-7-9-11-13-15-17-18-19-20-21-22-23-24-25-26-27-28-29-30-31-32-33-34-35-36-37-38-39-40-41-42-44-46-48-50-52-54-56-63(66)72-61(60-71-73(67,68)70-58-57-64)59-69-62(65)55-53-51-49-47-45-43-16-14-12-10-8-6-4-2/h5,7-8,10-11,13-14,16-18,20-21,23-24,26-27,61H,3-4,6,9,12,15,19,22,25,28-60,64H2,1-2H3,(H,67,68)/b7-5-,10-8-,13-11-,16-14-,18-17-,21-20-,24-23-,27-26-. The van der Waals surface area contributed by atoms with Gasteiger partial charge in [0.2, 0.25) is 0 Å². The monoisotopic (exact) mass is 1040 g/mol. The number of unbranched alkanes of at least 4 members (excludes halogenated alkanes) is 26. The molecular formula is C63H110NO8P. The number of phosphoric ester groups is 1. The van der Waals surface area contributed by atoms with Gasteiger partial charge in [-0.1, -0.05) is 252 Å². The molecule has 0 aliphatic rings. The quantitative estimate of drug-likeness (QED) is 0.0264. The largest absolute Gasteiger partial charge is 0.472 e. The number of carbonyl (C=O) groups is 2. The minimum atomic E-state index is -4.39. The third-order valence-corrected chi connectivity index (χ3v) is 13.4. The molecule has 2 atom stereocenters. The fraction of sp³-hybridized carbons (Fsp3) is 0.714. The lowest BCUT2D eigenvalue weighted by atomic mass is 10.0. The van der Waals surface area contributed by atoms with E-state index in [1.165, 1.54) is 116 Å². The summed E-state index contributed by atoms with van der Waals surface area (Å²) < 4.78 is 32.9. The second kappa shape index (κ2) is 58.2. The van der Waals surface area contributed by atoms with Crippen LogP contribution in [0.5, 0.6) is 0 Å². The second-order valence-electron chi connectivity index (χ2n) is 19.5. The van der Waals surface area contributed by atoms with Gasteiger partial charge in [0.05, 0.1) is 13.2 Å². The third kappa shape index (κ3) is 58.1. The van der Waals surface area contributed by atoms with Crippen LogP contribution in [0.1, 0.15) is 258 Å². The molecule has 3 N–H and O–H groups in total. The molecule has 0 amide bonds. The van der Waals surface area contributed by atoms with E-state index in [1.807, 2.05) is 0 Å². The Bertz CT molecular complexity index is 1510. The number of hydrogen-bond acceptors (Lipinski definition) is 8. The van der Waals surface area contributed by atoms with E-state index < -0.39 is 32.5 Å². The Morgan fingerprint density at radius 2 is 0.753 bits per heavy atom. The van der Waals surface area contributed by atoms with Gasteiger partial charge in [-0.2, -0.15) is 0 Å². The molecule has 0 aliphatic heterocycles. The van der Waals surface area contributed by atoms with E-state index in [0.717, 1.165) is 103 Å². The number of ether oxygens (including phenoxy) is 2. The van der Waals surface area contributed by atoms with E-state index in [1.54, 1.807) is 0 Å². The van der Waals surface area contributed by atoms with E-state index in [2.05, 4.69) is 111 Å². The molecule has 2 unspecified atom stereocenters. The van der Waals surface area contributed by atoms with Crippen LogP contribution in [-0.4, -0.2) is 49.3 Å². The highest BCUT2D eigenvalue weighted by molar-refractivity contribution is 7.47. The number of phosphoric acid groups is 1. The Kier molecular flexibility index (Phi) is 55.7. The number of allylic oxidation sites excluding steroid dienone is 16. The molecule has 420 valence electrons. The Morgan fingerprint density at radius 1 is 0.425 bits per heavy atom. The van der Waals surface area contributed by atoms with Crippen LogP contribution < -0.4 is 5.73 Å². The molecule has 0 aromatic carbocycles. The van der Waals surface area contributed by atoms with Crippen molar-refractivity contribution in [3.05, 3.63) is 97.2 Å². The summed E-state index contributed by atoms with van der Waals surface area (Å²) in [5.41, 5.74) is 5.37. The molecular weight excluding hydrogens is 930 g/mol. The van der Waals surface area contributed by atoms with Gasteiger partial charge in [-0.05, 0) is 89.9 Å². The van der Waals surface area contributed by atoms with Crippen molar-refractivity contribution in [3.8, 4) is 0 Å². The summed E-state index contributed by atoms with van der Waals surface area (Å²) in [6.07, 6.45) is 77.8. The van der Waals surface area contributed by atoms with Gasteiger partial charge in [-0.3, -0.25) is 18.6 Å². The summed E-state index contributed by atoms with van der Waals surface area (Å²) in [5.74, 6) is -0.841. The minimum Gasteiger partial charge on any atom is -0.462 e. The Labute approximate surface area is 448 Å². The highest BCUT2D eigenvalue weighted by Crippen LogP contribution is 2.43. The van der Waals surface area contributed by atoms with Crippen molar-refractivity contribution in [2.24, 2.45) is 5.73 Å². The van der Waals surface area contributed by atoms with Crippen molar-refractivity contribution in [2.75, 3.05) is 26.4 Å². The summed E-state index contributed by atoms with van der Waals surface area (Å²) in [6, 6.07) is 0. The number of rotatable bonds is 55. The molecule has 0 bridgehead atoms. The van der Waals surface area contributed by atoms with Crippen LogP contribution in [0.2, 0.25) is 0 Å². The second-order valence-corrected chi connectivity index (χ2v) is 20.9. The summed E-state index contributed by atoms with van der Waals surface area (Å²) >= 11 is 0. The first kappa shape index (κ1) is 69.9. The van der Waals surface area contributed by atoms with Gasteiger partial charge in [-0.25, -0.2) is 4.57 Å². The van der Waals surface area contributed by atoms with Crippen molar-refractivity contribution < 1.29 is 37.6 Å². The normalized spacial score (nSPS) is 13.8. The van der Waals surface area contributed by atoms with Gasteiger partial charge >= 0.3 is 19.8 Å². The Balaban J connectivity index is 3.81. The van der Waals surface area contributed by atoms with E-state index in [0.29, 0.717) is 12.8 Å². The van der Waals surface area contributed by atoms with Gasteiger partial charge in [-0.15, -0.1) is 0 Å². The van der Waals surface area contributed by atoms with Crippen LogP contribution in [0.25, 0.3) is 0 Å². The highest BCUT2D eigenvalue weighted by Gasteiger charge is 2.26. The molecule has 0 rings (SSSR count). The number of hydrogen-bond donors (Lipinski definition) is 2. The number of carbonyl (C=O) groups excluding carboxylic acids is 2. The fourth-order valence-corrected chi connectivity index (χ4v) is 8.86. The number of esters is 2. The smallest absolute Gasteiger partial charge is 0.462 e. The summed E-state index contributed by atoms with van der Waals surface area (Å²) in [6.45, 7) is 3.55. The predicted molar refractivity (Wildman–Crippen MR) is 312 cm³/mol. The third-order valence-electron chi connectivity index (χ3n) is 12.4. The predicted octanol–water partition coefficient (Wildman–Crippen LogP) is 18.8. The van der Waals surface area contributed by atoms with Crippen LogP contribution in [0, 0.1) is 0 Å².